The number of hydrogen-bond donors (Lipinski definition) is 6. The normalized spacial score (nSPS) is 20.9. The number of carbonyl (C=O) groups is 3. The zero-order valence-corrected chi connectivity index (χ0v) is 20.5. The number of rotatable bonds is 16. The molecule has 4 amide bonds. The Hall–Kier alpha value is -1.02. The number of nitrogens with two attached hydrogens (primary N) is 1. The van der Waals surface area contributed by atoms with E-state index in [1.165, 1.54) is 0 Å². The molecule has 2 heterocycles. The lowest BCUT2D eigenvalue weighted by Crippen LogP contribution is -2.38. The summed E-state index contributed by atoms with van der Waals surface area (Å²) in [6.45, 7) is 2.66. The molecule has 0 aromatic heterocycles. The van der Waals surface area contributed by atoms with Crippen LogP contribution < -0.4 is 32.5 Å². The van der Waals surface area contributed by atoms with Crippen LogP contribution in [-0.2, 0) is 19.1 Å². The van der Waals surface area contributed by atoms with Crippen LogP contribution in [0.2, 0.25) is 0 Å². The number of ether oxygens (including phenoxy) is 2. The van der Waals surface area contributed by atoms with Crippen LogP contribution >= 0.6 is 36.6 Å². The molecule has 2 fully saturated rings. The van der Waals surface area contributed by atoms with E-state index in [0.717, 1.165) is 25.0 Å². The van der Waals surface area contributed by atoms with Gasteiger partial charge in [0.05, 0.1) is 45.1 Å². The standard InChI is InChI=1S/C18H34N6O5S.2ClH/c19-22-11-16(26)21-6-8-29-10-9-28-7-5-20-15(25)4-2-1-3-14-17-13(12-30-14)23-18(27)24-17;;/h13-14,17,22H,1-12,19H2,(H,20,25)(H,21,26)(H2,23,24,27);2*1H/t13-,14-,17-;;/m0../s1. The van der Waals surface area contributed by atoms with Crippen LogP contribution in [0.1, 0.15) is 25.7 Å². The van der Waals surface area contributed by atoms with Crippen molar-refractivity contribution in [2.45, 2.75) is 43.0 Å². The van der Waals surface area contributed by atoms with Gasteiger partial charge in [0.15, 0.2) is 0 Å². The highest BCUT2D eigenvalue weighted by atomic mass is 35.5. The molecular weight excluding hydrogens is 483 g/mol. The Morgan fingerprint density at radius 1 is 1.00 bits per heavy atom. The van der Waals surface area contributed by atoms with Gasteiger partial charge in [0.2, 0.25) is 11.8 Å². The first kappa shape index (κ1) is 31.0. The highest BCUT2D eigenvalue weighted by Gasteiger charge is 2.42. The van der Waals surface area contributed by atoms with Gasteiger partial charge in [0.1, 0.15) is 0 Å². The number of halogens is 2. The Labute approximate surface area is 205 Å². The first-order valence-corrected chi connectivity index (χ1v) is 11.5. The van der Waals surface area contributed by atoms with E-state index >= 15 is 0 Å². The van der Waals surface area contributed by atoms with Gasteiger partial charge in [-0.15, -0.1) is 24.8 Å². The van der Waals surface area contributed by atoms with Gasteiger partial charge in [0.25, 0.3) is 0 Å². The van der Waals surface area contributed by atoms with Crippen LogP contribution in [0.25, 0.3) is 0 Å². The molecule has 2 aliphatic rings. The lowest BCUT2D eigenvalue weighted by molar-refractivity contribution is -0.122. The number of fused-ring (bicyclic) bond motifs is 1. The number of amides is 4. The summed E-state index contributed by atoms with van der Waals surface area (Å²) in [6.07, 6.45) is 3.33. The molecule has 188 valence electrons. The molecular formula is C18H36Cl2N6O5S. The summed E-state index contributed by atoms with van der Waals surface area (Å²) in [5.41, 5.74) is 2.27. The molecule has 2 saturated heterocycles. The lowest BCUT2D eigenvalue weighted by Gasteiger charge is -2.16. The summed E-state index contributed by atoms with van der Waals surface area (Å²) >= 11 is 1.90. The summed E-state index contributed by atoms with van der Waals surface area (Å²) in [7, 11) is 0. The fraction of sp³-hybridized carbons (Fsp3) is 0.833. The maximum Gasteiger partial charge on any atom is 0.315 e. The molecule has 11 nitrogen and oxygen atoms in total. The van der Waals surface area contributed by atoms with Crippen LogP contribution in [0.5, 0.6) is 0 Å². The monoisotopic (exact) mass is 518 g/mol. The van der Waals surface area contributed by atoms with Gasteiger partial charge in [-0.05, 0) is 12.8 Å². The molecule has 0 spiro atoms. The third-order valence-electron chi connectivity index (χ3n) is 4.85. The van der Waals surface area contributed by atoms with Crippen molar-refractivity contribution in [1.82, 2.24) is 26.7 Å². The quantitative estimate of drug-likeness (QED) is 0.0676. The van der Waals surface area contributed by atoms with E-state index in [-0.39, 0.29) is 61.3 Å². The van der Waals surface area contributed by atoms with Gasteiger partial charge < -0.3 is 30.7 Å². The number of unbranched alkanes of at least 4 members (excludes halogenated alkanes) is 1. The number of hydrazine groups is 1. The molecule has 7 N–H and O–H groups in total. The maximum atomic E-state index is 11.9. The fourth-order valence-corrected chi connectivity index (χ4v) is 4.91. The van der Waals surface area contributed by atoms with Crippen molar-refractivity contribution in [3.05, 3.63) is 0 Å². The highest BCUT2D eigenvalue weighted by Crippen LogP contribution is 2.33. The van der Waals surface area contributed by atoms with Gasteiger partial charge in [-0.25, -0.2) is 4.79 Å². The van der Waals surface area contributed by atoms with E-state index in [9.17, 15) is 14.4 Å². The van der Waals surface area contributed by atoms with Gasteiger partial charge in [0, 0.05) is 30.5 Å². The average Bonchev–Trinajstić information content (AvgIpc) is 3.26. The predicted molar refractivity (Wildman–Crippen MR) is 128 cm³/mol. The van der Waals surface area contributed by atoms with Crippen molar-refractivity contribution in [3.63, 3.8) is 0 Å². The molecule has 0 bridgehead atoms. The Kier molecular flexibility index (Phi) is 17.8. The second-order valence-electron chi connectivity index (χ2n) is 7.17. The molecule has 0 aromatic carbocycles. The summed E-state index contributed by atoms with van der Waals surface area (Å²) in [5, 5.41) is 11.9. The third kappa shape index (κ3) is 12.3. The Balaban J connectivity index is 0.00000480. The van der Waals surface area contributed by atoms with Gasteiger partial charge in [-0.2, -0.15) is 11.8 Å². The molecule has 0 aromatic rings. The van der Waals surface area contributed by atoms with Crippen molar-refractivity contribution in [2.75, 3.05) is 51.8 Å². The predicted octanol–water partition coefficient (Wildman–Crippen LogP) is -0.715. The van der Waals surface area contributed by atoms with Crippen molar-refractivity contribution < 1.29 is 23.9 Å². The molecule has 14 heteroatoms. The number of urea groups is 1. The van der Waals surface area contributed by atoms with Crippen molar-refractivity contribution in [2.24, 2.45) is 5.84 Å². The zero-order valence-electron chi connectivity index (χ0n) is 18.1. The van der Waals surface area contributed by atoms with E-state index in [2.05, 4.69) is 26.7 Å². The number of thioether (sulfide) groups is 1. The van der Waals surface area contributed by atoms with Gasteiger partial charge in [-0.3, -0.25) is 20.9 Å². The Morgan fingerprint density at radius 2 is 1.66 bits per heavy atom. The highest BCUT2D eigenvalue weighted by molar-refractivity contribution is 8.00. The van der Waals surface area contributed by atoms with Crippen LogP contribution in [-0.4, -0.2) is 87.0 Å². The van der Waals surface area contributed by atoms with E-state index in [0.29, 0.717) is 51.2 Å². The van der Waals surface area contributed by atoms with E-state index in [1.54, 1.807) is 0 Å². The number of nitrogens with one attached hydrogen (secondary N) is 5. The fourth-order valence-electron chi connectivity index (χ4n) is 3.36. The summed E-state index contributed by atoms with van der Waals surface area (Å²) < 4.78 is 10.7. The van der Waals surface area contributed by atoms with E-state index in [4.69, 9.17) is 15.3 Å². The number of carbonyl (C=O) groups excluding carboxylic acids is 3. The molecule has 2 rings (SSSR count). The number of hydrogen-bond acceptors (Lipinski definition) is 8. The third-order valence-corrected chi connectivity index (χ3v) is 6.36. The van der Waals surface area contributed by atoms with Crippen molar-refractivity contribution >= 4 is 54.4 Å². The lowest BCUT2D eigenvalue weighted by atomic mass is 10.0. The van der Waals surface area contributed by atoms with Crippen molar-refractivity contribution in [3.8, 4) is 0 Å². The smallest absolute Gasteiger partial charge is 0.315 e. The molecule has 0 aliphatic carbocycles. The second-order valence-corrected chi connectivity index (χ2v) is 8.45. The SMILES string of the molecule is Cl.Cl.NNCC(=O)NCCOCCOCCNC(=O)CCCC[C@@H]1SC[C@@H]2NC(=O)N[C@@H]21. The molecule has 0 saturated carbocycles. The van der Waals surface area contributed by atoms with E-state index in [1.807, 2.05) is 11.8 Å². The largest absolute Gasteiger partial charge is 0.377 e. The first-order chi connectivity index (χ1) is 14.6. The molecule has 0 radical (unpaired) electrons. The molecule has 2 aliphatic heterocycles. The van der Waals surface area contributed by atoms with Gasteiger partial charge >= 0.3 is 6.03 Å². The Morgan fingerprint density at radius 3 is 2.31 bits per heavy atom. The minimum absolute atomic E-state index is 0. The second kappa shape index (κ2) is 18.4. The van der Waals surface area contributed by atoms with Crippen LogP contribution in [0.4, 0.5) is 4.79 Å². The van der Waals surface area contributed by atoms with Crippen LogP contribution in [0.3, 0.4) is 0 Å². The topological polar surface area (TPSA) is 156 Å². The maximum absolute atomic E-state index is 11.9. The summed E-state index contributed by atoms with van der Waals surface area (Å²) in [6, 6.07) is 0.415. The van der Waals surface area contributed by atoms with Gasteiger partial charge in [-0.1, -0.05) is 6.42 Å². The first-order valence-electron chi connectivity index (χ1n) is 10.4. The molecule has 0 unspecified atom stereocenters. The Bertz CT molecular complexity index is 566. The minimum atomic E-state index is -0.182. The molecule has 3 atom stereocenters. The van der Waals surface area contributed by atoms with Crippen molar-refractivity contribution in [1.29, 1.82) is 0 Å². The average molecular weight is 519 g/mol. The minimum Gasteiger partial charge on any atom is -0.377 e. The summed E-state index contributed by atoms with van der Waals surface area (Å²) in [5.74, 6) is 5.84. The zero-order chi connectivity index (χ0) is 21.6. The molecule has 32 heavy (non-hydrogen) atoms. The van der Waals surface area contributed by atoms with Crippen LogP contribution in [0, 0.1) is 0 Å². The van der Waals surface area contributed by atoms with E-state index < -0.39 is 0 Å². The summed E-state index contributed by atoms with van der Waals surface area (Å²) in [4.78, 5) is 34.3. The van der Waals surface area contributed by atoms with Crippen LogP contribution in [0.15, 0.2) is 0 Å².